The first kappa shape index (κ1) is 15.9. The molecule has 0 aliphatic carbocycles. The largest absolute Gasteiger partial charge is 0.443 e. The van der Waals surface area contributed by atoms with Gasteiger partial charge in [-0.15, -0.1) is 0 Å². The van der Waals surface area contributed by atoms with Crippen LogP contribution < -0.4 is 0 Å². The topological polar surface area (TPSA) is 41.9 Å². The first-order valence-electron chi connectivity index (χ1n) is 5.32. The lowest BCUT2D eigenvalue weighted by atomic mass is 10.2. The predicted octanol–water partition coefficient (Wildman–Crippen LogP) is 4.04. The van der Waals surface area contributed by atoms with Gasteiger partial charge in [-0.2, -0.15) is 0 Å². The van der Waals surface area contributed by atoms with Gasteiger partial charge in [0.2, 0.25) is 0 Å². The van der Waals surface area contributed by atoms with E-state index in [4.69, 9.17) is 4.74 Å². The fourth-order valence-electron chi connectivity index (χ4n) is 1.03. The fourth-order valence-corrected chi connectivity index (χ4v) is 1.15. The van der Waals surface area contributed by atoms with Crippen molar-refractivity contribution in [3.05, 3.63) is 24.0 Å². The van der Waals surface area contributed by atoms with E-state index in [0.717, 1.165) is 0 Å². The standard InChI is InChI=1S/C12H19BrN2O2/c1-6-10(14-9-8-13)15(7-2)11(16)17-12(3,4)5/h7-9H,2,6H2,1,3-5H3/b9-8-,14-10?. The second-order valence-electron chi connectivity index (χ2n) is 4.21. The van der Waals surface area contributed by atoms with Crippen LogP contribution in [-0.4, -0.2) is 22.4 Å². The number of ether oxygens (including phenoxy) is 1. The third-order valence-corrected chi connectivity index (χ3v) is 1.88. The third-order valence-electron chi connectivity index (χ3n) is 1.65. The van der Waals surface area contributed by atoms with Gasteiger partial charge in [0.05, 0.1) is 0 Å². The summed E-state index contributed by atoms with van der Waals surface area (Å²) in [4.78, 5) is 18.9. The number of aliphatic imine (C=N–C) groups is 1. The minimum atomic E-state index is -0.539. The van der Waals surface area contributed by atoms with Crippen molar-refractivity contribution in [3.63, 3.8) is 0 Å². The van der Waals surface area contributed by atoms with E-state index in [1.165, 1.54) is 11.1 Å². The number of amidine groups is 1. The van der Waals surface area contributed by atoms with Crippen LogP contribution in [0.5, 0.6) is 0 Å². The number of rotatable bonds is 3. The van der Waals surface area contributed by atoms with Crippen LogP contribution in [0, 0.1) is 0 Å². The molecular weight excluding hydrogens is 284 g/mol. The normalized spacial score (nSPS) is 12.6. The molecular formula is C12H19BrN2O2. The lowest BCUT2D eigenvalue weighted by Crippen LogP contribution is -2.37. The van der Waals surface area contributed by atoms with E-state index in [-0.39, 0.29) is 0 Å². The molecule has 0 bridgehead atoms. The van der Waals surface area contributed by atoms with Gasteiger partial charge in [0.15, 0.2) is 0 Å². The summed E-state index contributed by atoms with van der Waals surface area (Å²) in [5.74, 6) is 0.574. The molecule has 0 aromatic heterocycles. The van der Waals surface area contributed by atoms with Crippen molar-refractivity contribution in [1.82, 2.24) is 4.90 Å². The van der Waals surface area contributed by atoms with Crippen molar-refractivity contribution in [3.8, 4) is 0 Å². The first-order valence-corrected chi connectivity index (χ1v) is 6.24. The van der Waals surface area contributed by atoms with Crippen LogP contribution in [0.15, 0.2) is 29.0 Å². The number of carbonyl (C=O) groups excluding carboxylic acids is 1. The van der Waals surface area contributed by atoms with E-state index in [2.05, 4.69) is 27.5 Å². The molecule has 0 aromatic rings. The van der Waals surface area contributed by atoms with Gasteiger partial charge in [0, 0.05) is 18.8 Å². The molecule has 0 saturated heterocycles. The molecule has 0 heterocycles. The van der Waals surface area contributed by atoms with Crippen molar-refractivity contribution in [2.45, 2.75) is 39.7 Å². The van der Waals surface area contributed by atoms with Crippen LogP contribution in [0.4, 0.5) is 4.79 Å². The molecule has 0 saturated carbocycles. The van der Waals surface area contributed by atoms with Gasteiger partial charge < -0.3 is 4.74 Å². The Morgan fingerprint density at radius 2 is 2.12 bits per heavy atom. The number of carbonyl (C=O) groups is 1. The summed E-state index contributed by atoms with van der Waals surface area (Å²) in [5.41, 5.74) is -0.539. The van der Waals surface area contributed by atoms with E-state index in [0.29, 0.717) is 12.3 Å². The van der Waals surface area contributed by atoms with E-state index in [1.807, 2.05) is 27.7 Å². The molecule has 0 rings (SSSR count). The van der Waals surface area contributed by atoms with Crippen LogP contribution >= 0.6 is 15.9 Å². The maximum atomic E-state index is 11.9. The molecule has 0 fully saturated rings. The van der Waals surface area contributed by atoms with Gasteiger partial charge in [0.25, 0.3) is 0 Å². The predicted molar refractivity (Wildman–Crippen MR) is 74.1 cm³/mol. The lowest BCUT2D eigenvalue weighted by molar-refractivity contribution is 0.0424. The van der Waals surface area contributed by atoms with Gasteiger partial charge in [0.1, 0.15) is 11.4 Å². The van der Waals surface area contributed by atoms with Gasteiger partial charge in [-0.25, -0.2) is 14.7 Å². The molecule has 0 atom stereocenters. The Kier molecular flexibility index (Phi) is 6.80. The molecule has 1 amide bonds. The van der Waals surface area contributed by atoms with Crippen LogP contribution in [0.3, 0.4) is 0 Å². The summed E-state index contributed by atoms with van der Waals surface area (Å²) in [7, 11) is 0. The maximum Gasteiger partial charge on any atom is 0.419 e. The maximum absolute atomic E-state index is 11.9. The van der Waals surface area contributed by atoms with Gasteiger partial charge in [-0.1, -0.05) is 29.4 Å². The highest BCUT2D eigenvalue weighted by atomic mass is 79.9. The molecule has 0 N–H and O–H groups in total. The quantitative estimate of drug-likeness (QED) is 0.583. The average Bonchev–Trinajstić information content (AvgIpc) is 2.21. The van der Waals surface area contributed by atoms with E-state index >= 15 is 0 Å². The van der Waals surface area contributed by atoms with Crippen molar-refractivity contribution in [2.24, 2.45) is 4.99 Å². The van der Waals surface area contributed by atoms with Crippen molar-refractivity contribution in [1.29, 1.82) is 0 Å². The summed E-state index contributed by atoms with van der Waals surface area (Å²) in [6.45, 7) is 10.9. The van der Waals surface area contributed by atoms with E-state index in [9.17, 15) is 4.79 Å². The molecule has 0 spiro atoms. The summed E-state index contributed by atoms with van der Waals surface area (Å²) >= 11 is 3.12. The molecule has 96 valence electrons. The van der Waals surface area contributed by atoms with Crippen LogP contribution in [0.2, 0.25) is 0 Å². The van der Waals surface area contributed by atoms with Crippen LogP contribution in [0.1, 0.15) is 34.1 Å². The Bertz CT molecular complexity index is 330. The molecule has 0 aliphatic rings. The number of amides is 1. The smallest absolute Gasteiger partial charge is 0.419 e. The van der Waals surface area contributed by atoms with Gasteiger partial charge in [-0.3, -0.25) is 0 Å². The Balaban J connectivity index is 4.93. The average molecular weight is 303 g/mol. The Labute approximate surface area is 111 Å². The minimum absolute atomic E-state index is 0.476. The molecule has 17 heavy (non-hydrogen) atoms. The highest BCUT2D eigenvalue weighted by Crippen LogP contribution is 2.11. The van der Waals surface area contributed by atoms with Gasteiger partial charge in [-0.05, 0) is 25.8 Å². The van der Waals surface area contributed by atoms with Crippen molar-refractivity contribution >= 4 is 27.9 Å². The van der Waals surface area contributed by atoms with Gasteiger partial charge >= 0.3 is 6.09 Å². The number of nitrogens with zero attached hydrogens (tertiary/aromatic N) is 2. The van der Waals surface area contributed by atoms with Crippen molar-refractivity contribution in [2.75, 3.05) is 0 Å². The summed E-state index contributed by atoms with van der Waals surface area (Å²) in [6, 6.07) is 0. The number of hydrogen-bond acceptors (Lipinski definition) is 3. The molecule has 0 radical (unpaired) electrons. The first-order chi connectivity index (χ1) is 7.85. The highest BCUT2D eigenvalue weighted by molar-refractivity contribution is 9.11. The van der Waals surface area contributed by atoms with E-state index in [1.54, 1.807) is 11.2 Å². The second kappa shape index (κ2) is 7.27. The SMILES string of the molecule is C=CN(C(=O)OC(C)(C)C)C(CC)=N/C=C\Br. The van der Waals surface area contributed by atoms with Crippen LogP contribution in [0.25, 0.3) is 0 Å². The monoisotopic (exact) mass is 302 g/mol. The molecule has 0 aromatic carbocycles. The molecule has 0 unspecified atom stereocenters. The molecule has 0 aliphatic heterocycles. The summed E-state index contributed by atoms with van der Waals surface area (Å²) < 4.78 is 5.25. The zero-order chi connectivity index (χ0) is 13.5. The summed E-state index contributed by atoms with van der Waals surface area (Å²) in [5, 5.41) is 0. The zero-order valence-electron chi connectivity index (χ0n) is 10.7. The second-order valence-corrected chi connectivity index (χ2v) is 4.74. The fraction of sp³-hybridized carbons (Fsp3) is 0.500. The number of hydrogen-bond donors (Lipinski definition) is 0. The summed E-state index contributed by atoms with van der Waals surface area (Å²) in [6.07, 6.45) is 3.08. The Morgan fingerprint density at radius 1 is 1.53 bits per heavy atom. The van der Waals surface area contributed by atoms with Crippen molar-refractivity contribution < 1.29 is 9.53 Å². The minimum Gasteiger partial charge on any atom is -0.443 e. The lowest BCUT2D eigenvalue weighted by Gasteiger charge is -2.25. The Hall–Kier alpha value is -1.10. The highest BCUT2D eigenvalue weighted by Gasteiger charge is 2.22. The van der Waals surface area contributed by atoms with Crippen LogP contribution in [-0.2, 0) is 4.74 Å². The third kappa shape index (κ3) is 6.26. The van der Waals surface area contributed by atoms with E-state index < -0.39 is 11.7 Å². The molecule has 4 nitrogen and oxygen atoms in total. The molecule has 5 heteroatoms. The Morgan fingerprint density at radius 3 is 2.47 bits per heavy atom. The zero-order valence-corrected chi connectivity index (χ0v) is 12.3. The number of halogens is 1.